The summed E-state index contributed by atoms with van der Waals surface area (Å²) in [6, 6.07) is -0.750. The number of amides is 1. The van der Waals surface area contributed by atoms with Gasteiger partial charge in [-0.05, 0) is 83.5 Å². The van der Waals surface area contributed by atoms with E-state index in [2.05, 4.69) is 135 Å². The van der Waals surface area contributed by atoms with E-state index < -0.39 is 18.2 Å². The van der Waals surface area contributed by atoms with Gasteiger partial charge in [0.05, 0.1) is 25.2 Å². The summed E-state index contributed by atoms with van der Waals surface area (Å²) < 4.78 is 5.82. The molecule has 6 nitrogen and oxygen atoms in total. The number of rotatable bonds is 40. The molecule has 0 saturated heterocycles. The molecule has 6 heteroatoms. The van der Waals surface area contributed by atoms with Gasteiger partial charge in [0.15, 0.2) is 0 Å². The fourth-order valence-electron chi connectivity index (χ4n) is 6.25. The third kappa shape index (κ3) is 41.0. The van der Waals surface area contributed by atoms with Crippen LogP contribution in [0.3, 0.4) is 0 Å². The van der Waals surface area contributed by atoms with Crippen molar-refractivity contribution in [1.82, 2.24) is 5.32 Å². The van der Waals surface area contributed by atoms with Crippen LogP contribution in [0.5, 0.6) is 0 Å². The zero-order chi connectivity index (χ0) is 43.8. The number of nitrogens with one attached hydrogen (secondary N) is 1. The third-order valence-corrected chi connectivity index (χ3v) is 9.79. The lowest BCUT2D eigenvalue weighted by Gasteiger charge is -2.24. The molecule has 0 aromatic carbocycles. The van der Waals surface area contributed by atoms with Crippen molar-refractivity contribution in [3.8, 4) is 0 Å². The molecule has 0 aliphatic rings. The highest BCUT2D eigenvalue weighted by Crippen LogP contribution is 2.14. The highest BCUT2D eigenvalue weighted by molar-refractivity contribution is 5.77. The second kappa shape index (κ2) is 46.3. The molecule has 0 bridgehead atoms. The molecule has 338 valence electrons. The Hall–Kier alpha value is -3.74. The molecule has 1 amide bonds. The maximum atomic E-state index is 13.1. The molecular formula is C54H87NO5. The molecule has 0 radical (unpaired) electrons. The number of hydrogen-bond donors (Lipinski definition) is 3. The van der Waals surface area contributed by atoms with Crippen LogP contribution in [0, 0.1) is 0 Å². The monoisotopic (exact) mass is 830 g/mol. The molecule has 3 N–H and O–H groups in total. The Morgan fingerprint density at radius 2 is 0.917 bits per heavy atom. The van der Waals surface area contributed by atoms with Crippen molar-refractivity contribution in [1.29, 1.82) is 0 Å². The molecule has 0 aliphatic carbocycles. The van der Waals surface area contributed by atoms with Crippen molar-refractivity contribution in [3.05, 3.63) is 122 Å². The number of aliphatic hydroxyl groups is 2. The van der Waals surface area contributed by atoms with E-state index in [1.807, 2.05) is 12.2 Å². The number of hydrogen-bond acceptors (Lipinski definition) is 5. The Bertz CT molecular complexity index is 1300. The summed E-state index contributed by atoms with van der Waals surface area (Å²) in [5, 5.41) is 23.6. The predicted octanol–water partition coefficient (Wildman–Crippen LogP) is 14.1. The van der Waals surface area contributed by atoms with Crippen LogP contribution in [0.25, 0.3) is 0 Å². The van der Waals surface area contributed by atoms with Crippen LogP contribution >= 0.6 is 0 Å². The van der Waals surface area contributed by atoms with E-state index in [1.54, 1.807) is 0 Å². The molecule has 0 heterocycles. The van der Waals surface area contributed by atoms with Crippen LogP contribution in [0.15, 0.2) is 122 Å². The molecule has 0 spiro atoms. The van der Waals surface area contributed by atoms with Gasteiger partial charge in [0.2, 0.25) is 5.91 Å². The standard InChI is InChI=1S/C54H87NO5/c1-4-7-10-13-16-19-21-23-25-26-28-30-32-35-38-41-44-47-54(59)60-50(45-42-39-36-34-31-29-27-24-22-20-17-14-11-8-5-2)48-53(58)55-51(49-56)52(57)46-43-40-37-33-18-15-12-9-6-3/h7-8,10-11,16-17,19-20,23-25,27-28,30-31,34-35,38-39,42,50-52,56-57H,4-6,9,12-15,18,21-22,26,29,32-33,36-37,40-41,43-49H2,1-3H3,(H,55,58)/b10-7-,11-8-,19-16-,20-17-,25-23-,27-24-,30-28-,34-31-,38-35-,42-39-. The predicted molar refractivity (Wildman–Crippen MR) is 259 cm³/mol. The lowest BCUT2D eigenvalue weighted by atomic mass is 10.0. The Labute approximate surface area is 368 Å². The van der Waals surface area contributed by atoms with E-state index in [0.717, 1.165) is 89.9 Å². The summed E-state index contributed by atoms with van der Waals surface area (Å²) in [5.41, 5.74) is 0. The molecule has 0 aromatic heterocycles. The van der Waals surface area contributed by atoms with Gasteiger partial charge in [-0.2, -0.15) is 0 Å². The van der Waals surface area contributed by atoms with E-state index >= 15 is 0 Å². The van der Waals surface area contributed by atoms with Gasteiger partial charge in [-0.15, -0.1) is 0 Å². The molecule has 0 aliphatic heterocycles. The van der Waals surface area contributed by atoms with Crippen molar-refractivity contribution in [3.63, 3.8) is 0 Å². The van der Waals surface area contributed by atoms with E-state index in [4.69, 9.17) is 4.74 Å². The van der Waals surface area contributed by atoms with Gasteiger partial charge >= 0.3 is 5.97 Å². The highest BCUT2D eigenvalue weighted by atomic mass is 16.5. The minimum absolute atomic E-state index is 0.0317. The summed E-state index contributed by atoms with van der Waals surface area (Å²) >= 11 is 0. The van der Waals surface area contributed by atoms with Crippen molar-refractivity contribution in [2.75, 3.05) is 6.61 Å². The van der Waals surface area contributed by atoms with Crippen LogP contribution < -0.4 is 5.32 Å². The van der Waals surface area contributed by atoms with Crippen LogP contribution in [0.1, 0.15) is 181 Å². The smallest absolute Gasteiger partial charge is 0.306 e. The van der Waals surface area contributed by atoms with Gasteiger partial charge in [-0.25, -0.2) is 0 Å². The fraction of sp³-hybridized carbons (Fsp3) is 0.593. The number of esters is 1. The average Bonchev–Trinajstić information content (AvgIpc) is 3.24. The number of aliphatic hydroxyl groups excluding tert-OH is 2. The van der Waals surface area contributed by atoms with E-state index in [1.165, 1.54) is 38.5 Å². The topological polar surface area (TPSA) is 95.9 Å². The third-order valence-electron chi connectivity index (χ3n) is 9.79. The van der Waals surface area contributed by atoms with Crippen LogP contribution in [-0.2, 0) is 14.3 Å². The average molecular weight is 830 g/mol. The van der Waals surface area contributed by atoms with Crippen molar-refractivity contribution in [2.24, 2.45) is 0 Å². The maximum Gasteiger partial charge on any atom is 0.306 e. The summed E-state index contributed by atoms with van der Waals surface area (Å²) in [6.45, 7) is 6.16. The number of allylic oxidation sites excluding steroid dienone is 19. The Morgan fingerprint density at radius 3 is 1.35 bits per heavy atom. The minimum Gasteiger partial charge on any atom is -0.461 e. The quantitative estimate of drug-likeness (QED) is 0.0325. The van der Waals surface area contributed by atoms with Crippen LogP contribution in [0.2, 0.25) is 0 Å². The molecule has 3 unspecified atom stereocenters. The van der Waals surface area contributed by atoms with E-state index in [9.17, 15) is 19.8 Å². The summed E-state index contributed by atoms with van der Waals surface area (Å²) in [4.78, 5) is 26.0. The molecular weight excluding hydrogens is 743 g/mol. The van der Waals surface area contributed by atoms with Gasteiger partial charge in [0, 0.05) is 12.8 Å². The highest BCUT2D eigenvalue weighted by Gasteiger charge is 2.23. The molecule has 0 fully saturated rings. The summed E-state index contributed by atoms with van der Waals surface area (Å²) in [5.74, 6) is -0.666. The molecule has 0 saturated carbocycles. The SMILES string of the molecule is CC/C=C\C/C=C\C/C=C\C/C=C\C/C=C\CCCC(=O)OC(C/C=C\C/C=C\C/C=C\C/C=C\C/C=C\CC)CC(=O)NC(CO)C(O)CCCCCCCCCCC. The van der Waals surface area contributed by atoms with Gasteiger partial charge in [0.1, 0.15) is 6.10 Å². The fourth-order valence-corrected chi connectivity index (χ4v) is 6.25. The van der Waals surface area contributed by atoms with Gasteiger partial charge in [-0.1, -0.05) is 200 Å². The first-order chi connectivity index (χ1) is 29.5. The van der Waals surface area contributed by atoms with Crippen LogP contribution in [-0.4, -0.2) is 46.9 Å². The Kier molecular flexibility index (Phi) is 43.4. The second-order valence-electron chi connectivity index (χ2n) is 15.4. The lowest BCUT2D eigenvalue weighted by molar-refractivity contribution is -0.150. The number of carbonyl (C=O) groups is 2. The van der Waals surface area contributed by atoms with Crippen molar-refractivity contribution in [2.45, 2.75) is 200 Å². The van der Waals surface area contributed by atoms with Crippen LogP contribution in [0.4, 0.5) is 0 Å². The second-order valence-corrected chi connectivity index (χ2v) is 15.4. The van der Waals surface area contributed by atoms with Gasteiger partial charge < -0.3 is 20.3 Å². The Morgan fingerprint density at radius 1 is 0.517 bits per heavy atom. The number of unbranched alkanes of at least 4 members (excludes halogenated alkanes) is 9. The minimum atomic E-state index is -0.827. The first-order valence-electron chi connectivity index (χ1n) is 23.8. The zero-order valence-electron chi connectivity index (χ0n) is 38.3. The summed E-state index contributed by atoms with van der Waals surface area (Å²) in [7, 11) is 0. The van der Waals surface area contributed by atoms with Crippen molar-refractivity contribution >= 4 is 11.9 Å². The largest absolute Gasteiger partial charge is 0.461 e. The van der Waals surface area contributed by atoms with E-state index in [0.29, 0.717) is 19.3 Å². The van der Waals surface area contributed by atoms with Gasteiger partial charge in [0.25, 0.3) is 0 Å². The Balaban J connectivity index is 4.87. The first kappa shape index (κ1) is 56.3. The number of carbonyl (C=O) groups excluding carboxylic acids is 2. The molecule has 3 atom stereocenters. The first-order valence-corrected chi connectivity index (χ1v) is 23.8. The molecule has 0 aromatic rings. The number of ether oxygens (including phenoxy) is 1. The van der Waals surface area contributed by atoms with Crippen molar-refractivity contribution < 1.29 is 24.5 Å². The lowest BCUT2D eigenvalue weighted by Crippen LogP contribution is -2.46. The van der Waals surface area contributed by atoms with Gasteiger partial charge in [-0.3, -0.25) is 9.59 Å². The zero-order valence-corrected chi connectivity index (χ0v) is 38.3. The maximum absolute atomic E-state index is 13.1. The summed E-state index contributed by atoms with van der Waals surface area (Å²) in [6.07, 6.45) is 64.2. The normalized spacial score (nSPS) is 14.4. The van der Waals surface area contributed by atoms with E-state index in [-0.39, 0.29) is 31.3 Å². The molecule has 0 rings (SSSR count). The molecule has 60 heavy (non-hydrogen) atoms.